The van der Waals surface area contributed by atoms with Crippen LogP contribution in [0, 0.1) is 6.92 Å². The zero-order chi connectivity index (χ0) is 27.2. The molecule has 0 bridgehead atoms. The Kier molecular flexibility index (Phi) is 5.98. The highest BCUT2D eigenvalue weighted by atomic mass is 19.4. The average molecular weight is 518 g/mol. The van der Waals surface area contributed by atoms with Crippen molar-refractivity contribution < 1.29 is 23.1 Å². The van der Waals surface area contributed by atoms with Crippen molar-refractivity contribution in [2.45, 2.75) is 13.1 Å². The Bertz CT molecular complexity index is 1710. The normalized spacial score (nSPS) is 11.6. The van der Waals surface area contributed by atoms with E-state index in [0.29, 0.717) is 33.2 Å². The molecule has 0 spiro atoms. The number of carbonyl (C=O) groups excluding carboxylic acids is 1. The Hall–Kier alpha value is -4.93. The van der Waals surface area contributed by atoms with E-state index in [0.717, 1.165) is 17.7 Å². The third kappa shape index (κ3) is 4.61. The minimum absolute atomic E-state index is 0.00843. The highest BCUT2D eigenvalue weighted by molar-refractivity contribution is 6.06. The number of nitrogens with one attached hydrogen (secondary N) is 1. The maximum absolute atomic E-state index is 13.1. The molecule has 11 heteroatoms. The number of alkyl halides is 3. The third-order valence-corrected chi connectivity index (χ3v) is 6.10. The molecule has 0 fully saturated rings. The van der Waals surface area contributed by atoms with Crippen LogP contribution in [0.1, 0.15) is 21.5 Å². The molecule has 0 unspecified atom stereocenters. The Balaban J connectivity index is 1.60. The van der Waals surface area contributed by atoms with E-state index in [1.165, 1.54) is 12.1 Å². The standard InChI is InChI=1S/C27H21F3N6O2/c1-14-6-7-15(25(38)34-19-5-3-4-18(10-19)27(28,29)30)8-20(14)21-9-16-11-32-26(31)35-23(16)22(24(21)37)17-12-33-36(2)13-17/h3-13,37H,1-2H3,(H,34,38)(H2,31,32,35). The number of hydrogen-bond donors (Lipinski definition) is 3. The molecular weight excluding hydrogens is 497 g/mol. The summed E-state index contributed by atoms with van der Waals surface area (Å²) in [6.45, 7) is 1.82. The number of carbonyl (C=O) groups is 1. The largest absolute Gasteiger partial charge is 0.507 e. The summed E-state index contributed by atoms with van der Waals surface area (Å²) in [7, 11) is 1.74. The lowest BCUT2D eigenvalue weighted by Crippen LogP contribution is -2.13. The molecule has 5 aromatic rings. The van der Waals surface area contributed by atoms with Crippen molar-refractivity contribution in [1.29, 1.82) is 0 Å². The molecular formula is C27H21F3N6O2. The quantitative estimate of drug-likeness (QED) is 0.286. The van der Waals surface area contributed by atoms with E-state index in [1.807, 2.05) is 6.92 Å². The summed E-state index contributed by atoms with van der Waals surface area (Å²) in [5, 5.41) is 18.7. The lowest BCUT2D eigenvalue weighted by molar-refractivity contribution is -0.137. The summed E-state index contributed by atoms with van der Waals surface area (Å²) < 4.78 is 40.8. The number of benzene rings is 3. The smallest absolute Gasteiger partial charge is 0.416 e. The SMILES string of the molecule is Cc1ccc(C(=O)Nc2cccc(C(F)(F)F)c2)cc1-c1cc2cnc(N)nc2c(-c2cnn(C)c2)c1O. The van der Waals surface area contributed by atoms with Gasteiger partial charge in [-0.05, 0) is 54.4 Å². The highest BCUT2D eigenvalue weighted by Crippen LogP contribution is 2.44. The van der Waals surface area contributed by atoms with Crippen LogP contribution in [0.2, 0.25) is 0 Å². The fourth-order valence-corrected chi connectivity index (χ4v) is 4.24. The van der Waals surface area contributed by atoms with Crippen molar-refractivity contribution in [3.63, 3.8) is 0 Å². The molecule has 0 aliphatic rings. The second-order valence-corrected chi connectivity index (χ2v) is 8.78. The van der Waals surface area contributed by atoms with Crippen molar-refractivity contribution in [2.24, 2.45) is 7.05 Å². The van der Waals surface area contributed by atoms with Crippen LogP contribution in [-0.4, -0.2) is 30.8 Å². The fourth-order valence-electron chi connectivity index (χ4n) is 4.24. The molecule has 0 aliphatic heterocycles. The molecule has 4 N–H and O–H groups in total. The monoisotopic (exact) mass is 518 g/mol. The number of halogens is 3. The van der Waals surface area contributed by atoms with Crippen molar-refractivity contribution in [1.82, 2.24) is 19.7 Å². The van der Waals surface area contributed by atoms with Gasteiger partial charge in [0.2, 0.25) is 5.95 Å². The molecule has 2 aromatic heterocycles. The van der Waals surface area contributed by atoms with Crippen LogP contribution < -0.4 is 11.1 Å². The lowest BCUT2D eigenvalue weighted by Gasteiger charge is -2.16. The number of nitrogens with two attached hydrogens (primary N) is 1. The van der Waals surface area contributed by atoms with E-state index in [4.69, 9.17) is 5.73 Å². The van der Waals surface area contributed by atoms with Gasteiger partial charge in [-0.2, -0.15) is 18.3 Å². The van der Waals surface area contributed by atoms with Gasteiger partial charge in [-0.25, -0.2) is 9.97 Å². The molecule has 38 heavy (non-hydrogen) atoms. The van der Waals surface area contributed by atoms with Crippen LogP contribution in [0.5, 0.6) is 5.75 Å². The molecule has 3 aromatic carbocycles. The second kappa shape index (κ2) is 9.18. The Morgan fingerprint density at radius 1 is 1.08 bits per heavy atom. The van der Waals surface area contributed by atoms with Crippen LogP contribution in [0.25, 0.3) is 33.2 Å². The topological polar surface area (TPSA) is 119 Å². The number of rotatable bonds is 4. The molecule has 0 saturated carbocycles. The van der Waals surface area contributed by atoms with Gasteiger partial charge in [0.15, 0.2) is 0 Å². The van der Waals surface area contributed by atoms with Gasteiger partial charge in [0.25, 0.3) is 5.91 Å². The van der Waals surface area contributed by atoms with Gasteiger partial charge in [0, 0.05) is 47.2 Å². The van der Waals surface area contributed by atoms with Gasteiger partial charge in [-0.3, -0.25) is 9.48 Å². The number of phenols is 1. The molecule has 8 nitrogen and oxygen atoms in total. The zero-order valence-electron chi connectivity index (χ0n) is 20.2. The average Bonchev–Trinajstić information content (AvgIpc) is 3.29. The number of nitrogen functional groups attached to an aromatic ring is 1. The number of aromatic nitrogens is 4. The number of fused-ring (bicyclic) bond motifs is 1. The number of nitrogens with zero attached hydrogens (tertiary/aromatic N) is 4. The Morgan fingerprint density at radius 2 is 1.87 bits per heavy atom. The highest BCUT2D eigenvalue weighted by Gasteiger charge is 2.30. The summed E-state index contributed by atoms with van der Waals surface area (Å²) in [4.78, 5) is 21.4. The molecule has 192 valence electrons. The van der Waals surface area contributed by atoms with E-state index >= 15 is 0 Å². The first-order valence-electron chi connectivity index (χ1n) is 11.4. The fraction of sp³-hybridized carbons (Fsp3) is 0.111. The van der Waals surface area contributed by atoms with Gasteiger partial charge < -0.3 is 16.2 Å². The summed E-state index contributed by atoms with van der Waals surface area (Å²) in [6, 6.07) is 10.9. The summed E-state index contributed by atoms with van der Waals surface area (Å²) >= 11 is 0. The predicted molar refractivity (Wildman–Crippen MR) is 137 cm³/mol. The molecule has 0 aliphatic carbocycles. The maximum Gasteiger partial charge on any atom is 0.416 e. The van der Waals surface area contributed by atoms with Crippen LogP contribution in [0.3, 0.4) is 0 Å². The van der Waals surface area contributed by atoms with Gasteiger partial charge >= 0.3 is 6.18 Å². The molecule has 0 radical (unpaired) electrons. The summed E-state index contributed by atoms with van der Waals surface area (Å²) in [5.74, 6) is -0.657. The van der Waals surface area contributed by atoms with Crippen LogP contribution in [0.15, 0.2) is 67.1 Å². The third-order valence-electron chi connectivity index (χ3n) is 6.10. The minimum Gasteiger partial charge on any atom is -0.507 e. The first kappa shape index (κ1) is 24.8. The van der Waals surface area contributed by atoms with E-state index in [9.17, 15) is 23.1 Å². The van der Waals surface area contributed by atoms with Gasteiger partial charge in [0.05, 0.1) is 22.8 Å². The number of aromatic hydroxyl groups is 1. The first-order valence-corrected chi connectivity index (χ1v) is 11.4. The number of hydrogen-bond acceptors (Lipinski definition) is 6. The van der Waals surface area contributed by atoms with Gasteiger partial charge in [-0.1, -0.05) is 12.1 Å². The summed E-state index contributed by atoms with van der Waals surface area (Å²) in [6.07, 6.45) is 0.316. The van der Waals surface area contributed by atoms with Gasteiger partial charge in [-0.15, -0.1) is 0 Å². The molecule has 2 heterocycles. The first-order chi connectivity index (χ1) is 18.0. The van der Waals surface area contributed by atoms with Crippen molar-refractivity contribution >= 4 is 28.4 Å². The molecule has 1 amide bonds. The number of anilines is 2. The van der Waals surface area contributed by atoms with Gasteiger partial charge in [0.1, 0.15) is 5.75 Å². The van der Waals surface area contributed by atoms with E-state index in [1.54, 1.807) is 54.6 Å². The van der Waals surface area contributed by atoms with E-state index in [2.05, 4.69) is 20.4 Å². The predicted octanol–water partition coefficient (Wildman–Crippen LogP) is 5.56. The molecule has 5 rings (SSSR count). The van der Waals surface area contributed by atoms with Crippen LogP contribution in [-0.2, 0) is 13.2 Å². The number of phenolic OH excluding ortho intramolecular Hbond substituents is 1. The molecule has 0 atom stereocenters. The Morgan fingerprint density at radius 3 is 2.58 bits per heavy atom. The summed E-state index contributed by atoms with van der Waals surface area (Å²) in [5.41, 5.74) is 8.30. The van der Waals surface area contributed by atoms with Crippen LogP contribution >= 0.6 is 0 Å². The van der Waals surface area contributed by atoms with Crippen molar-refractivity contribution in [3.05, 3.63) is 83.8 Å². The second-order valence-electron chi connectivity index (χ2n) is 8.78. The van der Waals surface area contributed by atoms with Crippen LogP contribution in [0.4, 0.5) is 24.8 Å². The van der Waals surface area contributed by atoms with Crippen molar-refractivity contribution in [2.75, 3.05) is 11.1 Å². The lowest BCUT2D eigenvalue weighted by atomic mass is 9.92. The Labute approximate surface area is 214 Å². The van der Waals surface area contributed by atoms with E-state index in [-0.39, 0.29) is 22.9 Å². The maximum atomic E-state index is 13.1. The number of amides is 1. The number of aryl methyl sites for hydroxylation is 2. The minimum atomic E-state index is -4.54. The van der Waals surface area contributed by atoms with E-state index < -0.39 is 17.6 Å². The zero-order valence-corrected chi connectivity index (χ0v) is 20.2. The molecule has 0 saturated heterocycles. The van der Waals surface area contributed by atoms with Crippen molar-refractivity contribution in [3.8, 4) is 28.0 Å².